The summed E-state index contributed by atoms with van der Waals surface area (Å²) in [4.78, 5) is 9.33. The van der Waals surface area contributed by atoms with Crippen LogP contribution in [-0.2, 0) is 0 Å². The zero-order chi connectivity index (χ0) is 16.5. The van der Waals surface area contributed by atoms with Crippen LogP contribution < -0.4 is 10.6 Å². The van der Waals surface area contributed by atoms with Crippen LogP contribution in [0.15, 0.2) is 4.99 Å². The van der Waals surface area contributed by atoms with Crippen molar-refractivity contribution < 1.29 is 0 Å². The van der Waals surface area contributed by atoms with E-state index in [-0.39, 0.29) is 0 Å². The van der Waals surface area contributed by atoms with Gasteiger partial charge >= 0.3 is 0 Å². The maximum atomic E-state index is 4.36. The van der Waals surface area contributed by atoms with E-state index in [1.165, 1.54) is 64.6 Å². The van der Waals surface area contributed by atoms with Crippen LogP contribution in [0.1, 0.15) is 44.9 Å². The summed E-state index contributed by atoms with van der Waals surface area (Å²) < 4.78 is 0. The van der Waals surface area contributed by atoms with Crippen LogP contribution in [-0.4, -0.2) is 75.7 Å². The molecule has 1 saturated heterocycles. The average Bonchev–Trinajstić information content (AvgIpc) is 3.36. The van der Waals surface area contributed by atoms with Crippen LogP contribution in [0.5, 0.6) is 0 Å². The highest BCUT2D eigenvalue weighted by Crippen LogP contribution is 2.34. The Kier molecular flexibility index (Phi) is 8.17. The number of likely N-dealkylation sites (N-methyl/N-ethyl adjacent to an activating group) is 1. The van der Waals surface area contributed by atoms with Crippen LogP contribution in [0.25, 0.3) is 0 Å². The van der Waals surface area contributed by atoms with Crippen LogP contribution in [0.2, 0.25) is 0 Å². The van der Waals surface area contributed by atoms with Gasteiger partial charge in [0.05, 0.1) is 0 Å². The number of nitrogens with one attached hydrogen (secondary N) is 2. The van der Waals surface area contributed by atoms with Crippen LogP contribution in [0, 0.1) is 5.92 Å². The van der Waals surface area contributed by atoms with E-state index in [1.54, 1.807) is 0 Å². The van der Waals surface area contributed by atoms with Crippen molar-refractivity contribution in [1.82, 2.24) is 20.4 Å². The van der Waals surface area contributed by atoms with Crippen molar-refractivity contribution in [2.24, 2.45) is 10.9 Å². The Morgan fingerprint density at radius 2 is 1.83 bits per heavy atom. The predicted molar refractivity (Wildman–Crippen MR) is 99.1 cm³/mol. The summed E-state index contributed by atoms with van der Waals surface area (Å²) in [6.45, 7) is 5.79. The number of likely N-dealkylation sites (tertiary alicyclic amines) is 1. The monoisotopic (exact) mass is 323 g/mol. The maximum absolute atomic E-state index is 4.36. The van der Waals surface area contributed by atoms with E-state index >= 15 is 0 Å². The Hall–Kier alpha value is -0.810. The second kappa shape index (κ2) is 10.1. The molecule has 1 atom stereocenters. The second-order valence-electron chi connectivity index (χ2n) is 7.36. The molecule has 1 aliphatic carbocycles. The highest BCUT2D eigenvalue weighted by atomic mass is 15.2. The van der Waals surface area contributed by atoms with Crippen molar-refractivity contribution in [1.29, 1.82) is 0 Å². The van der Waals surface area contributed by atoms with Crippen molar-refractivity contribution in [3.63, 3.8) is 0 Å². The molecule has 0 aromatic carbocycles. The molecule has 1 unspecified atom stereocenters. The largest absolute Gasteiger partial charge is 0.356 e. The molecule has 0 spiro atoms. The SMILES string of the molecule is CN=C(NCCCN1CCCCCC1)NCC(C1CC1)N(C)C. The van der Waals surface area contributed by atoms with Gasteiger partial charge < -0.3 is 20.4 Å². The second-order valence-corrected chi connectivity index (χ2v) is 7.36. The smallest absolute Gasteiger partial charge is 0.191 e. The lowest BCUT2D eigenvalue weighted by Crippen LogP contribution is -2.46. The van der Waals surface area contributed by atoms with Crippen molar-refractivity contribution in [2.75, 3.05) is 53.9 Å². The third-order valence-corrected chi connectivity index (χ3v) is 5.17. The van der Waals surface area contributed by atoms with Gasteiger partial charge in [0.1, 0.15) is 0 Å². The number of rotatable bonds is 8. The summed E-state index contributed by atoms with van der Waals surface area (Å²) in [6, 6.07) is 0.630. The van der Waals surface area contributed by atoms with E-state index in [9.17, 15) is 0 Å². The van der Waals surface area contributed by atoms with E-state index in [4.69, 9.17) is 0 Å². The summed E-state index contributed by atoms with van der Waals surface area (Å²) in [5, 5.41) is 6.98. The van der Waals surface area contributed by atoms with E-state index in [0.717, 1.165) is 25.0 Å². The topological polar surface area (TPSA) is 42.9 Å². The Bertz CT molecular complexity index is 341. The van der Waals surface area contributed by atoms with E-state index in [2.05, 4.69) is 39.5 Å². The molecule has 5 nitrogen and oxygen atoms in total. The fourth-order valence-corrected chi connectivity index (χ4v) is 3.54. The van der Waals surface area contributed by atoms with Crippen molar-refractivity contribution >= 4 is 5.96 Å². The average molecular weight is 324 g/mol. The molecule has 0 bridgehead atoms. The first kappa shape index (κ1) is 18.5. The zero-order valence-corrected chi connectivity index (χ0v) is 15.5. The summed E-state index contributed by atoms with van der Waals surface area (Å²) >= 11 is 0. The molecule has 134 valence electrons. The summed E-state index contributed by atoms with van der Waals surface area (Å²) in [5.74, 6) is 1.83. The van der Waals surface area contributed by atoms with Gasteiger partial charge in [0.15, 0.2) is 5.96 Å². The quantitative estimate of drug-likeness (QED) is 0.406. The molecule has 0 aromatic heterocycles. The van der Waals surface area contributed by atoms with Gasteiger partial charge in [0.2, 0.25) is 0 Å². The van der Waals surface area contributed by atoms with Crippen LogP contribution >= 0.6 is 0 Å². The van der Waals surface area contributed by atoms with Crippen molar-refractivity contribution in [3.8, 4) is 0 Å². The maximum Gasteiger partial charge on any atom is 0.191 e. The van der Waals surface area contributed by atoms with Gasteiger partial charge in [-0.05, 0) is 71.8 Å². The number of hydrogen-bond acceptors (Lipinski definition) is 3. The number of hydrogen-bond donors (Lipinski definition) is 2. The minimum absolute atomic E-state index is 0.630. The number of aliphatic imine (C=N–C) groups is 1. The van der Waals surface area contributed by atoms with Crippen molar-refractivity contribution in [2.45, 2.75) is 51.0 Å². The van der Waals surface area contributed by atoms with Gasteiger partial charge in [0, 0.05) is 26.2 Å². The van der Waals surface area contributed by atoms with E-state index in [0.29, 0.717) is 6.04 Å². The Morgan fingerprint density at radius 3 is 2.39 bits per heavy atom. The zero-order valence-electron chi connectivity index (χ0n) is 15.5. The van der Waals surface area contributed by atoms with Gasteiger partial charge in [-0.15, -0.1) is 0 Å². The molecule has 0 amide bonds. The normalized spacial score (nSPS) is 22.0. The molecule has 23 heavy (non-hydrogen) atoms. The first-order valence-electron chi connectivity index (χ1n) is 9.54. The summed E-state index contributed by atoms with van der Waals surface area (Å²) in [6.07, 6.45) is 9.55. The van der Waals surface area contributed by atoms with Crippen LogP contribution in [0.4, 0.5) is 0 Å². The third kappa shape index (κ3) is 7.08. The van der Waals surface area contributed by atoms with E-state index < -0.39 is 0 Å². The minimum Gasteiger partial charge on any atom is -0.356 e. The van der Waals surface area contributed by atoms with E-state index in [1.807, 2.05) is 7.05 Å². The Balaban J connectivity index is 1.59. The lowest BCUT2D eigenvalue weighted by Gasteiger charge is -2.25. The molecule has 1 saturated carbocycles. The van der Waals surface area contributed by atoms with Gasteiger partial charge in [-0.2, -0.15) is 0 Å². The molecule has 2 fully saturated rings. The molecule has 2 rings (SSSR count). The summed E-state index contributed by atoms with van der Waals surface area (Å²) in [5.41, 5.74) is 0. The fourth-order valence-electron chi connectivity index (χ4n) is 3.54. The first-order valence-corrected chi connectivity index (χ1v) is 9.54. The highest BCUT2D eigenvalue weighted by molar-refractivity contribution is 5.79. The fraction of sp³-hybridized carbons (Fsp3) is 0.944. The Labute approximate surface area is 142 Å². The van der Waals surface area contributed by atoms with Crippen LogP contribution in [0.3, 0.4) is 0 Å². The first-order chi connectivity index (χ1) is 11.2. The molecular formula is C18H37N5. The lowest BCUT2D eigenvalue weighted by molar-refractivity contribution is 0.263. The molecule has 2 N–H and O–H groups in total. The van der Waals surface area contributed by atoms with Crippen molar-refractivity contribution in [3.05, 3.63) is 0 Å². The lowest BCUT2D eigenvalue weighted by atomic mass is 10.1. The van der Waals surface area contributed by atoms with Gasteiger partial charge in [-0.25, -0.2) is 0 Å². The molecule has 2 aliphatic rings. The van der Waals surface area contributed by atoms with Gasteiger partial charge in [-0.3, -0.25) is 4.99 Å². The molecule has 0 radical (unpaired) electrons. The molecular weight excluding hydrogens is 286 g/mol. The molecule has 5 heteroatoms. The van der Waals surface area contributed by atoms with Gasteiger partial charge in [-0.1, -0.05) is 12.8 Å². The predicted octanol–water partition coefficient (Wildman–Crippen LogP) is 1.76. The number of nitrogens with zero attached hydrogens (tertiary/aromatic N) is 3. The van der Waals surface area contributed by atoms with Gasteiger partial charge in [0.25, 0.3) is 0 Å². The molecule has 1 heterocycles. The minimum atomic E-state index is 0.630. The summed E-state index contributed by atoms with van der Waals surface area (Å²) in [7, 11) is 6.23. The highest BCUT2D eigenvalue weighted by Gasteiger charge is 2.32. The standard InChI is InChI=1S/C18H37N5/c1-19-18(21-15-17(22(2)3)16-9-10-16)20-11-8-14-23-12-6-4-5-7-13-23/h16-17H,4-15H2,1-3H3,(H2,19,20,21). The molecule has 0 aromatic rings. The third-order valence-electron chi connectivity index (χ3n) is 5.17. The molecule has 1 aliphatic heterocycles. The Morgan fingerprint density at radius 1 is 1.13 bits per heavy atom. The number of guanidine groups is 1.